The van der Waals surface area contributed by atoms with Crippen LogP contribution in [0.15, 0.2) is 35.3 Å². The van der Waals surface area contributed by atoms with E-state index < -0.39 is 0 Å². The second kappa shape index (κ2) is 4.76. The molecule has 0 fully saturated rings. The minimum Gasteiger partial charge on any atom is -0.308 e. The molecule has 11 heavy (non-hydrogen) atoms. The zero-order valence-electron chi connectivity index (χ0n) is 5.90. The molecule has 0 aliphatic carbocycles. The lowest BCUT2D eigenvalue weighted by molar-refractivity contribution is 1.47. The van der Waals surface area contributed by atoms with Crippen molar-refractivity contribution in [3.8, 4) is 0 Å². The number of nitrogens with zero attached hydrogens (tertiary/aromatic N) is 1. The van der Waals surface area contributed by atoms with Crippen molar-refractivity contribution < 1.29 is 0 Å². The Bertz CT molecular complexity index is 222. The Kier molecular flexibility index (Phi) is 3.51. The fourth-order valence-corrected chi connectivity index (χ4v) is 0.759. The molecule has 3 N–H and O–H groups in total. The van der Waals surface area contributed by atoms with Gasteiger partial charge in [0, 0.05) is 12.1 Å². The standard InChI is InChI=1S/C7H9N3S/c8-11-10-6-9-7-4-2-1-3-5-7/h1-6H,8H2,(H,9,10). The Balaban J connectivity index is 2.50. The Hall–Kier alpha value is -1.00. The summed E-state index contributed by atoms with van der Waals surface area (Å²) in [6, 6.07) is 9.65. The zero-order chi connectivity index (χ0) is 7.94. The Morgan fingerprint density at radius 3 is 2.73 bits per heavy atom. The lowest BCUT2D eigenvalue weighted by atomic mass is 10.3. The van der Waals surface area contributed by atoms with E-state index in [9.17, 15) is 0 Å². The van der Waals surface area contributed by atoms with Crippen LogP contribution in [0.3, 0.4) is 0 Å². The first-order valence-corrected chi connectivity index (χ1v) is 4.00. The summed E-state index contributed by atoms with van der Waals surface area (Å²) in [5.41, 5.74) is 0.911. The molecule has 0 saturated carbocycles. The lowest BCUT2D eigenvalue weighted by Gasteiger charge is -1.91. The Morgan fingerprint density at radius 2 is 2.09 bits per heavy atom. The maximum atomic E-state index is 5.11. The van der Waals surface area contributed by atoms with Gasteiger partial charge < -0.3 is 4.72 Å². The van der Waals surface area contributed by atoms with Gasteiger partial charge in [-0.25, -0.2) is 4.99 Å². The van der Waals surface area contributed by atoms with Crippen molar-refractivity contribution >= 4 is 24.2 Å². The minimum atomic E-state index is 0.911. The number of benzene rings is 1. The highest BCUT2D eigenvalue weighted by atomic mass is 32.2. The highest BCUT2D eigenvalue weighted by molar-refractivity contribution is 7.95. The van der Waals surface area contributed by atoms with E-state index in [4.69, 9.17) is 5.14 Å². The quantitative estimate of drug-likeness (QED) is 0.407. The van der Waals surface area contributed by atoms with Crippen LogP contribution in [0.2, 0.25) is 0 Å². The van der Waals surface area contributed by atoms with E-state index in [2.05, 4.69) is 9.71 Å². The fraction of sp³-hybridized carbons (Fsp3) is 0. The summed E-state index contributed by atoms with van der Waals surface area (Å²) >= 11 is 1.02. The molecular weight excluding hydrogens is 158 g/mol. The molecule has 0 aliphatic heterocycles. The van der Waals surface area contributed by atoms with Crippen LogP contribution in [0.1, 0.15) is 0 Å². The maximum absolute atomic E-state index is 5.11. The number of aliphatic imine (C=N–C) groups is 1. The first kappa shape index (κ1) is 8.10. The van der Waals surface area contributed by atoms with Gasteiger partial charge in [0.2, 0.25) is 0 Å². The predicted octanol–water partition coefficient (Wildman–Crippen LogP) is 1.46. The molecule has 0 amide bonds. The van der Waals surface area contributed by atoms with Crippen LogP contribution < -0.4 is 9.86 Å². The van der Waals surface area contributed by atoms with E-state index in [-0.39, 0.29) is 0 Å². The molecule has 1 aromatic carbocycles. The molecule has 0 atom stereocenters. The van der Waals surface area contributed by atoms with E-state index in [1.165, 1.54) is 0 Å². The number of hydrogen-bond donors (Lipinski definition) is 2. The molecule has 1 aromatic rings. The summed E-state index contributed by atoms with van der Waals surface area (Å²) in [5.74, 6) is 0. The van der Waals surface area contributed by atoms with E-state index in [1.54, 1.807) is 6.34 Å². The van der Waals surface area contributed by atoms with E-state index in [1.807, 2.05) is 30.3 Å². The third-order valence-corrected chi connectivity index (χ3v) is 1.33. The molecule has 0 aliphatic rings. The number of nitrogens with one attached hydrogen (secondary N) is 1. The summed E-state index contributed by atoms with van der Waals surface area (Å²) in [6.45, 7) is 0. The highest BCUT2D eigenvalue weighted by Crippen LogP contribution is 2.07. The molecule has 58 valence electrons. The van der Waals surface area contributed by atoms with Crippen LogP contribution in [-0.4, -0.2) is 6.34 Å². The third-order valence-electron chi connectivity index (χ3n) is 1.09. The van der Waals surface area contributed by atoms with Gasteiger partial charge in [0.15, 0.2) is 0 Å². The van der Waals surface area contributed by atoms with Gasteiger partial charge in [-0.1, -0.05) is 18.2 Å². The lowest BCUT2D eigenvalue weighted by Crippen LogP contribution is -2.01. The second-order valence-electron chi connectivity index (χ2n) is 1.83. The maximum Gasteiger partial charge on any atom is 0.0995 e. The summed E-state index contributed by atoms with van der Waals surface area (Å²) in [5, 5.41) is 5.11. The van der Waals surface area contributed by atoms with Gasteiger partial charge in [-0.15, -0.1) is 0 Å². The van der Waals surface area contributed by atoms with E-state index >= 15 is 0 Å². The van der Waals surface area contributed by atoms with Crippen molar-refractivity contribution in [1.29, 1.82) is 0 Å². The molecule has 0 aromatic heterocycles. The van der Waals surface area contributed by atoms with Crippen molar-refractivity contribution in [3.05, 3.63) is 30.3 Å². The first-order valence-electron chi connectivity index (χ1n) is 3.12. The van der Waals surface area contributed by atoms with Crippen LogP contribution in [0.25, 0.3) is 0 Å². The molecule has 3 nitrogen and oxygen atoms in total. The third kappa shape index (κ3) is 3.06. The number of nitrogens with two attached hydrogens (primary N) is 1. The van der Waals surface area contributed by atoms with Crippen LogP contribution in [0, 0.1) is 0 Å². The van der Waals surface area contributed by atoms with Gasteiger partial charge in [0.1, 0.15) is 0 Å². The van der Waals surface area contributed by atoms with Gasteiger partial charge in [-0.3, -0.25) is 5.14 Å². The smallest absolute Gasteiger partial charge is 0.0995 e. The van der Waals surface area contributed by atoms with Gasteiger partial charge in [0.25, 0.3) is 0 Å². The minimum absolute atomic E-state index is 0.911. The predicted molar refractivity (Wildman–Crippen MR) is 49.5 cm³/mol. The summed E-state index contributed by atoms with van der Waals surface area (Å²) in [4.78, 5) is 4.06. The monoisotopic (exact) mass is 167 g/mol. The summed E-state index contributed by atoms with van der Waals surface area (Å²) in [6.07, 6.45) is 1.56. The van der Waals surface area contributed by atoms with Gasteiger partial charge in [0.05, 0.1) is 12.0 Å². The van der Waals surface area contributed by atoms with Crippen molar-refractivity contribution in [2.24, 2.45) is 10.1 Å². The largest absolute Gasteiger partial charge is 0.308 e. The van der Waals surface area contributed by atoms with E-state index in [0.717, 1.165) is 17.8 Å². The molecular formula is C7H9N3S. The molecule has 0 unspecified atom stereocenters. The molecule has 0 radical (unpaired) electrons. The van der Waals surface area contributed by atoms with Gasteiger partial charge >= 0.3 is 0 Å². The first-order chi connectivity index (χ1) is 5.43. The molecule has 4 heteroatoms. The van der Waals surface area contributed by atoms with Crippen LogP contribution in [-0.2, 0) is 0 Å². The van der Waals surface area contributed by atoms with Gasteiger partial charge in [-0.2, -0.15) is 0 Å². The second-order valence-corrected chi connectivity index (χ2v) is 2.30. The summed E-state index contributed by atoms with van der Waals surface area (Å²) in [7, 11) is 0. The van der Waals surface area contributed by atoms with Crippen molar-refractivity contribution in [1.82, 2.24) is 4.72 Å². The Morgan fingerprint density at radius 1 is 1.36 bits per heavy atom. The van der Waals surface area contributed by atoms with Crippen LogP contribution in [0.5, 0.6) is 0 Å². The molecule has 1 rings (SSSR count). The van der Waals surface area contributed by atoms with Crippen LogP contribution in [0.4, 0.5) is 5.69 Å². The molecule has 0 saturated heterocycles. The Labute approximate surface area is 70.0 Å². The zero-order valence-corrected chi connectivity index (χ0v) is 6.71. The van der Waals surface area contributed by atoms with Crippen molar-refractivity contribution in [3.63, 3.8) is 0 Å². The highest BCUT2D eigenvalue weighted by Gasteiger charge is 1.80. The van der Waals surface area contributed by atoms with E-state index in [0.29, 0.717) is 0 Å². The van der Waals surface area contributed by atoms with Crippen LogP contribution >= 0.6 is 12.1 Å². The molecule has 0 bridgehead atoms. The fourth-order valence-electron chi connectivity index (χ4n) is 0.645. The average Bonchev–Trinajstić information content (AvgIpc) is 2.07. The number of para-hydroxylation sites is 1. The number of hydrogen-bond acceptors (Lipinski definition) is 3. The summed E-state index contributed by atoms with van der Waals surface area (Å²) < 4.78 is 2.70. The molecule has 0 heterocycles. The normalized spacial score (nSPS) is 10.3. The molecule has 0 spiro atoms. The topological polar surface area (TPSA) is 50.4 Å². The number of rotatable bonds is 3. The SMILES string of the molecule is NSNC=Nc1ccccc1. The van der Waals surface area contributed by atoms with Crippen molar-refractivity contribution in [2.75, 3.05) is 0 Å². The van der Waals surface area contributed by atoms with Gasteiger partial charge in [-0.05, 0) is 12.1 Å². The average molecular weight is 167 g/mol. The van der Waals surface area contributed by atoms with Crippen molar-refractivity contribution in [2.45, 2.75) is 0 Å².